The molecule has 4 heteroatoms. The third-order valence-corrected chi connectivity index (χ3v) is 3.41. The van der Waals surface area contributed by atoms with Crippen LogP contribution in [0.25, 0.3) is 0 Å². The van der Waals surface area contributed by atoms with E-state index in [1.807, 2.05) is 0 Å². The van der Waals surface area contributed by atoms with E-state index in [1.165, 1.54) is 11.3 Å². The zero-order chi connectivity index (χ0) is 13.0. The monoisotopic (exact) mass is 249 g/mol. The van der Waals surface area contributed by atoms with Gasteiger partial charge in [-0.1, -0.05) is 6.07 Å². The molecule has 2 rings (SSSR count). The number of nitrogens with zero attached hydrogens (tertiary/aromatic N) is 3. The van der Waals surface area contributed by atoms with Crippen LogP contribution in [0.1, 0.15) is 17.0 Å². The maximum atomic E-state index is 5.08. The van der Waals surface area contributed by atoms with Gasteiger partial charge in [-0.3, -0.25) is 9.88 Å². The number of fused-ring (bicyclic) bond motifs is 1. The number of aromatic nitrogens is 1. The normalized spacial score (nSPS) is 16.0. The summed E-state index contributed by atoms with van der Waals surface area (Å²) in [6.45, 7) is 4.75. The second-order valence-electron chi connectivity index (χ2n) is 5.13. The van der Waals surface area contributed by atoms with Gasteiger partial charge in [-0.25, -0.2) is 0 Å². The highest BCUT2D eigenvalue weighted by atomic mass is 16.5. The lowest BCUT2D eigenvalue weighted by atomic mass is 10.1. The number of rotatable bonds is 5. The Morgan fingerprint density at radius 2 is 2.28 bits per heavy atom. The molecule has 0 radical (unpaired) electrons. The zero-order valence-corrected chi connectivity index (χ0v) is 11.6. The molecule has 0 aromatic carbocycles. The molecule has 18 heavy (non-hydrogen) atoms. The molecule has 0 fully saturated rings. The van der Waals surface area contributed by atoms with E-state index in [1.54, 1.807) is 7.11 Å². The molecule has 0 bridgehead atoms. The van der Waals surface area contributed by atoms with Crippen molar-refractivity contribution in [2.24, 2.45) is 0 Å². The van der Waals surface area contributed by atoms with Crippen molar-refractivity contribution in [3.63, 3.8) is 0 Å². The summed E-state index contributed by atoms with van der Waals surface area (Å²) in [4.78, 5) is 9.37. The molecule has 0 aliphatic carbocycles. The first kappa shape index (κ1) is 13.5. The Bertz CT molecular complexity index is 395. The van der Waals surface area contributed by atoms with E-state index < -0.39 is 0 Å². The molecule has 1 aromatic rings. The number of pyridine rings is 1. The van der Waals surface area contributed by atoms with Gasteiger partial charge in [-0.2, -0.15) is 0 Å². The van der Waals surface area contributed by atoms with Gasteiger partial charge in [-0.15, -0.1) is 0 Å². The van der Waals surface area contributed by atoms with Crippen molar-refractivity contribution in [2.45, 2.75) is 19.5 Å². The van der Waals surface area contributed by atoms with Crippen LogP contribution in [0, 0.1) is 0 Å². The van der Waals surface area contributed by atoms with Gasteiger partial charge >= 0.3 is 0 Å². The highest BCUT2D eigenvalue weighted by molar-refractivity contribution is 5.25. The minimum Gasteiger partial charge on any atom is -0.383 e. The van der Waals surface area contributed by atoms with Crippen LogP contribution in [0.3, 0.4) is 0 Å². The van der Waals surface area contributed by atoms with E-state index in [9.17, 15) is 0 Å². The van der Waals surface area contributed by atoms with Gasteiger partial charge in [0, 0.05) is 45.4 Å². The Hall–Kier alpha value is -0.970. The van der Waals surface area contributed by atoms with Crippen LogP contribution >= 0.6 is 0 Å². The Morgan fingerprint density at radius 3 is 3.06 bits per heavy atom. The van der Waals surface area contributed by atoms with Crippen LogP contribution in [0.5, 0.6) is 0 Å². The number of ether oxygens (including phenoxy) is 1. The predicted molar refractivity (Wildman–Crippen MR) is 72.5 cm³/mol. The largest absolute Gasteiger partial charge is 0.383 e. The van der Waals surface area contributed by atoms with E-state index in [0.29, 0.717) is 0 Å². The van der Waals surface area contributed by atoms with Crippen LogP contribution in [-0.4, -0.2) is 55.7 Å². The van der Waals surface area contributed by atoms with Crippen molar-refractivity contribution in [3.8, 4) is 0 Å². The maximum Gasteiger partial charge on any atom is 0.0589 e. The Balaban J connectivity index is 1.98. The van der Waals surface area contributed by atoms with Crippen molar-refractivity contribution in [2.75, 3.05) is 40.9 Å². The number of hydrogen-bond donors (Lipinski definition) is 0. The second kappa shape index (κ2) is 6.27. The van der Waals surface area contributed by atoms with Crippen LogP contribution in [-0.2, 0) is 24.2 Å². The summed E-state index contributed by atoms with van der Waals surface area (Å²) in [5.41, 5.74) is 3.83. The molecule has 100 valence electrons. The topological polar surface area (TPSA) is 28.6 Å². The van der Waals surface area contributed by atoms with Crippen molar-refractivity contribution in [1.82, 2.24) is 14.8 Å². The predicted octanol–water partition coefficient (Wildman–Crippen LogP) is 1.15. The van der Waals surface area contributed by atoms with Crippen LogP contribution in [0.15, 0.2) is 12.1 Å². The molecular weight excluding hydrogens is 226 g/mol. The summed E-state index contributed by atoms with van der Waals surface area (Å²) in [7, 11) is 6.00. The summed E-state index contributed by atoms with van der Waals surface area (Å²) in [6, 6.07) is 4.39. The third-order valence-electron chi connectivity index (χ3n) is 3.41. The van der Waals surface area contributed by atoms with E-state index in [2.05, 4.69) is 36.0 Å². The van der Waals surface area contributed by atoms with Gasteiger partial charge in [0.25, 0.3) is 0 Å². The lowest BCUT2D eigenvalue weighted by Gasteiger charge is -2.25. The summed E-state index contributed by atoms with van der Waals surface area (Å²) >= 11 is 0. The van der Waals surface area contributed by atoms with Gasteiger partial charge in [0.1, 0.15) is 0 Å². The number of likely N-dealkylation sites (N-methyl/N-ethyl adjacent to an activating group) is 2. The molecule has 1 aliphatic heterocycles. The van der Waals surface area contributed by atoms with Gasteiger partial charge < -0.3 is 9.64 Å². The van der Waals surface area contributed by atoms with Crippen molar-refractivity contribution in [1.29, 1.82) is 0 Å². The van der Waals surface area contributed by atoms with Crippen molar-refractivity contribution >= 4 is 0 Å². The molecule has 2 heterocycles. The lowest BCUT2D eigenvalue weighted by Crippen LogP contribution is -2.28. The quantitative estimate of drug-likeness (QED) is 0.782. The Morgan fingerprint density at radius 1 is 1.44 bits per heavy atom. The molecule has 0 amide bonds. The molecule has 0 spiro atoms. The molecule has 1 aliphatic rings. The van der Waals surface area contributed by atoms with Crippen molar-refractivity contribution in [3.05, 3.63) is 29.1 Å². The number of hydrogen-bond acceptors (Lipinski definition) is 4. The van der Waals surface area contributed by atoms with Crippen LogP contribution < -0.4 is 0 Å². The minimum atomic E-state index is 0.770. The average Bonchev–Trinajstić information content (AvgIpc) is 2.36. The standard InChI is InChI=1S/C14H23N3O/c1-16-7-6-14-12(10-16)4-5-13(15-14)11-17(2)8-9-18-3/h4-5H,6-11H2,1-3H3. The molecule has 0 saturated heterocycles. The fourth-order valence-corrected chi connectivity index (χ4v) is 2.29. The number of methoxy groups -OCH3 is 1. The molecule has 1 aromatic heterocycles. The highest BCUT2D eigenvalue weighted by Crippen LogP contribution is 2.16. The molecular formula is C14H23N3O. The highest BCUT2D eigenvalue weighted by Gasteiger charge is 2.14. The summed E-state index contributed by atoms with van der Waals surface area (Å²) in [6.07, 6.45) is 1.07. The summed E-state index contributed by atoms with van der Waals surface area (Å²) in [5, 5.41) is 0. The van der Waals surface area contributed by atoms with E-state index in [4.69, 9.17) is 9.72 Å². The van der Waals surface area contributed by atoms with Gasteiger partial charge in [0.2, 0.25) is 0 Å². The van der Waals surface area contributed by atoms with Gasteiger partial charge in [0.05, 0.1) is 12.3 Å². The maximum absolute atomic E-state index is 5.08. The second-order valence-corrected chi connectivity index (χ2v) is 5.13. The average molecular weight is 249 g/mol. The molecule has 4 nitrogen and oxygen atoms in total. The summed E-state index contributed by atoms with van der Waals surface area (Å²) in [5.74, 6) is 0. The fraction of sp³-hybridized carbons (Fsp3) is 0.643. The fourth-order valence-electron chi connectivity index (χ4n) is 2.29. The first-order valence-electron chi connectivity index (χ1n) is 6.52. The molecule has 0 N–H and O–H groups in total. The zero-order valence-electron chi connectivity index (χ0n) is 11.6. The molecule has 0 unspecified atom stereocenters. The summed E-state index contributed by atoms with van der Waals surface area (Å²) < 4.78 is 5.08. The minimum absolute atomic E-state index is 0.770. The van der Waals surface area contributed by atoms with Gasteiger partial charge in [-0.05, 0) is 25.7 Å². The Kier molecular flexibility index (Phi) is 4.69. The van der Waals surface area contributed by atoms with Gasteiger partial charge in [0.15, 0.2) is 0 Å². The SMILES string of the molecule is COCCN(C)Cc1ccc2c(n1)CCN(C)C2. The third kappa shape index (κ3) is 3.51. The van der Waals surface area contributed by atoms with Crippen molar-refractivity contribution < 1.29 is 4.74 Å². The van der Waals surface area contributed by atoms with E-state index in [-0.39, 0.29) is 0 Å². The van der Waals surface area contributed by atoms with Crippen LogP contribution in [0.2, 0.25) is 0 Å². The molecule has 0 saturated carbocycles. The van der Waals surface area contributed by atoms with Crippen LogP contribution in [0.4, 0.5) is 0 Å². The first-order chi connectivity index (χ1) is 8.69. The molecule has 0 atom stereocenters. The first-order valence-corrected chi connectivity index (χ1v) is 6.52. The van der Waals surface area contributed by atoms with E-state index >= 15 is 0 Å². The van der Waals surface area contributed by atoms with E-state index in [0.717, 1.165) is 44.9 Å². The smallest absolute Gasteiger partial charge is 0.0589 e. The lowest BCUT2D eigenvalue weighted by molar-refractivity contribution is 0.158. The Labute approximate surface area is 110 Å².